The van der Waals surface area contributed by atoms with E-state index in [2.05, 4.69) is 4.98 Å². The zero-order valence-corrected chi connectivity index (χ0v) is 17.4. The number of carbonyl (C=O) groups excluding carboxylic acids is 1. The van der Waals surface area contributed by atoms with Crippen molar-refractivity contribution in [2.45, 2.75) is 20.0 Å². The molecule has 0 aliphatic rings. The van der Waals surface area contributed by atoms with Crippen molar-refractivity contribution >= 4 is 28.2 Å². The number of hydrogen-bond donors (Lipinski definition) is 1. The van der Waals surface area contributed by atoms with Crippen LogP contribution in [0.4, 0.5) is 33.2 Å². The number of alkyl halides is 3. The van der Waals surface area contributed by atoms with Gasteiger partial charge in [0.05, 0.1) is 23.6 Å². The minimum Gasteiger partial charge on any atom is -0.493 e. The van der Waals surface area contributed by atoms with Crippen molar-refractivity contribution in [2.24, 2.45) is 11.7 Å². The summed E-state index contributed by atoms with van der Waals surface area (Å²) >= 11 is 1.02. The number of nitrogens with zero attached hydrogens (tertiary/aromatic N) is 2. The number of carbonyl (C=O) groups is 1. The third-order valence-electron chi connectivity index (χ3n) is 4.14. The van der Waals surface area contributed by atoms with Crippen LogP contribution in [0.1, 0.15) is 19.4 Å². The van der Waals surface area contributed by atoms with Gasteiger partial charge in [-0.1, -0.05) is 13.8 Å². The zero-order valence-electron chi connectivity index (χ0n) is 16.6. The van der Waals surface area contributed by atoms with E-state index in [1.165, 1.54) is 30.3 Å². The van der Waals surface area contributed by atoms with Gasteiger partial charge in [0.1, 0.15) is 11.6 Å². The molecule has 0 fully saturated rings. The lowest BCUT2D eigenvalue weighted by Gasteiger charge is -2.21. The molecule has 31 heavy (non-hydrogen) atoms. The van der Waals surface area contributed by atoms with Crippen molar-refractivity contribution in [2.75, 3.05) is 11.5 Å². The molecule has 1 aromatic heterocycles. The van der Waals surface area contributed by atoms with Gasteiger partial charge in [0.25, 0.3) is 0 Å². The molecular weight excluding hydrogens is 434 g/mol. The Kier molecular flexibility index (Phi) is 6.49. The molecular formula is C21H19F4N3O2S. The molecule has 0 aliphatic heterocycles. The minimum absolute atomic E-state index is 0.0306. The highest BCUT2D eigenvalue weighted by atomic mass is 32.1. The smallest absolute Gasteiger partial charge is 0.420 e. The Morgan fingerprint density at radius 2 is 1.87 bits per heavy atom. The molecule has 0 atom stereocenters. The predicted octanol–water partition coefficient (Wildman–Crippen LogP) is 6.22. The fourth-order valence-corrected chi connectivity index (χ4v) is 3.57. The topological polar surface area (TPSA) is 68.5 Å². The van der Waals surface area contributed by atoms with Crippen molar-refractivity contribution in [1.82, 2.24) is 4.98 Å². The molecule has 2 aromatic carbocycles. The van der Waals surface area contributed by atoms with Crippen LogP contribution in [0.5, 0.6) is 5.75 Å². The Hall–Kier alpha value is -3.14. The normalized spacial score (nSPS) is 11.6. The lowest BCUT2D eigenvalue weighted by Crippen LogP contribution is -2.31. The van der Waals surface area contributed by atoms with Gasteiger partial charge in [-0.3, -0.25) is 0 Å². The third-order valence-corrected chi connectivity index (χ3v) is 4.97. The number of primary amides is 1. The van der Waals surface area contributed by atoms with Gasteiger partial charge >= 0.3 is 12.2 Å². The van der Waals surface area contributed by atoms with E-state index < -0.39 is 23.6 Å². The first-order valence-electron chi connectivity index (χ1n) is 9.21. The Balaban J connectivity index is 2.00. The van der Waals surface area contributed by atoms with E-state index in [0.29, 0.717) is 11.3 Å². The summed E-state index contributed by atoms with van der Waals surface area (Å²) in [5.74, 6) is -0.721. The molecule has 0 saturated heterocycles. The maximum atomic E-state index is 13.6. The van der Waals surface area contributed by atoms with E-state index in [4.69, 9.17) is 10.5 Å². The summed E-state index contributed by atoms with van der Waals surface area (Å²) in [5.41, 5.74) is 5.35. The van der Waals surface area contributed by atoms with Crippen LogP contribution in [0.25, 0.3) is 11.3 Å². The van der Waals surface area contributed by atoms with E-state index in [1.807, 2.05) is 13.8 Å². The molecule has 0 spiro atoms. The van der Waals surface area contributed by atoms with E-state index in [1.54, 1.807) is 5.38 Å². The van der Waals surface area contributed by atoms with Crippen LogP contribution in [-0.4, -0.2) is 17.6 Å². The number of amides is 2. The number of ether oxygens (including phenoxy) is 1. The summed E-state index contributed by atoms with van der Waals surface area (Å²) < 4.78 is 59.3. The van der Waals surface area contributed by atoms with Crippen molar-refractivity contribution in [1.29, 1.82) is 0 Å². The van der Waals surface area contributed by atoms with Gasteiger partial charge in [-0.25, -0.2) is 19.1 Å². The molecule has 10 heteroatoms. The maximum absolute atomic E-state index is 13.6. The van der Waals surface area contributed by atoms with Crippen LogP contribution in [0.15, 0.2) is 47.8 Å². The van der Waals surface area contributed by atoms with Crippen LogP contribution in [0.2, 0.25) is 0 Å². The molecule has 5 nitrogen and oxygen atoms in total. The van der Waals surface area contributed by atoms with Gasteiger partial charge < -0.3 is 10.5 Å². The summed E-state index contributed by atoms with van der Waals surface area (Å²) in [6.07, 6.45) is -4.70. The number of thiazole rings is 1. The molecule has 2 N–H and O–H groups in total. The zero-order chi connectivity index (χ0) is 22.8. The second-order valence-corrected chi connectivity index (χ2v) is 7.92. The average molecular weight is 453 g/mol. The second-order valence-electron chi connectivity index (χ2n) is 7.08. The van der Waals surface area contributed by atoms with Gasteiger partial charge in [-0.15, -0.1) is 11.3 Å². The predicted molar refractivity (Wildman–Crippen MR) is 111 cm³/mol. The highest BCUT2D eigenvalue weighted by Gasteiger charge is 2.36. The van der Waals surface area contributed by atoms with E-state index in [0.717, 1.165) is 28.4 Å². The summed E-state index contributed by atoms with van der Waals surface area (Å²) in [6, 6.07) is 7.80. The van der Waals surface area contributed by atoms with E-state index in [9.17, 15) is 22.4 Å². The Morgan fingerprint density at radius 3 is 2.45 bits per heavy atom. The number of anilines is 2. The first kappa shape index (κ1) is 22.5. The Bertz CT molecular complexity index is 1070. The number of nitrogens with two attached hydrogens (primary N) is 1. The van der Waals surface area contributed by atoms with E-state index >= 15 is 0 Å². The number of urea groups is 1. The lowest BCUT2D eigenvalue weighted by atomic mass is 10.1. The number of halogens is 4. The van der Waals surface area contributed by atoms with Crippen LogP contribution < -0.4 is 15.4 Å². The molecule has 0 aliphatic carbocycles. The van der Waals surface area contributed by atoms with Gasteiger partial charge in [0.15, 0.2) is 5.13 Å². The number of aromatic nitrogens is 1. The average Bonchev–Trinajstić information content (AvgIpc) is 3.16. The maximum Gasteiger partial charge on any atom is 0.420 e. The number of hydrogen-bond acceptors (Lipinski definition) is 4. The van der Waals surface area contributed by atoms with Gasteiger partial charge in [-0.05, 0) is 48.4 Å². The molecule has 0 bridgehead atoms. The first-order valence-corrected chi connectivity index (χ1v) is 10.1. The fraction of sp³-hybridized carbons (Fsp3) is 0.238. The van der Waals surface area contributed by atoms with Crippen molar-refractivity contribution in [3.05, 3.63) is 59.2 Å². The molecule has 0 radical (unpaired) electrons. The molecule has 2 amide bonds. The molecule has 3 aromatic rings. The van der Waals surface area contributed by atoms with Crippen LogP contribution in [0.3, 0.4) is 0 Å². The standard InChI is InChI=1S/C21H19F4N3O2S/c1-12(2)10-30-18-8-7-15(9-16(18)21(23,24)25)28(19(26)29)20-27-17(11-31-20)13-3-5-14(22)6-4-13/h3-9,11-12H,10H2,1-2H3,(H2,26,29). The van der Waals surface area contributed by atoms with Gasteiger partial charge in [-0.2, -0.15) is 13.2 Å². The minimum atomic E-state index is -4.70. The summed E-state index contributed by atoms with van der Waals surface area (Å²) in [4.78, 5) is 17.3. The fourth-order valence-electron chi connectivity index (χ4n) is 2.71. The molecule has 0 saturated carbocycles. The van der Waals surface area contributed by atoms with E-state index in [-0.39, 0.29) is 29.1 Å². The Morgan fingerprint density at radius 1 is 1.19 bits per heavy atom. The summed E-state index contributed by atoms with van der Waals surface area (Å²) in [5, 5.41) is 1.68. The largest absolute Gasteiger partial charge is 0.493 e. The Labute approximate surface area is 180 Å². The first-order chi connectivity index (χ1) is 14.6. The van der Waals surface area contributed by atoms with Crippen molar-refractivity contribution in [3.8, 4) is 17.0 Å². The summed E-state index contributed by atoms with van der Waals surface area (Å²) in [6.45, 7) is 3.74. The highest BCUT2D eigenvalue weighted by Crippen LogP contribution is 2.41. The van der Waals surface area contributed by atoms with Gasteiger partial charge in [0, 0.05) is 10.9 Å². The number of rotatable bonds is 6. The molecule has 0 unspecified atom stereocenters. The third kappa shape index (κ3) is 5.32. The molecule has 3 rings (SSSR count). The van der Waals surface area contributed by atoms with Crippen molar-refractivity contribution in [3.63, 3.8) is 0 Å². The quantitative estimate of drug-likeness (QED) is 0.451. The SMILES string of the molecule is CC(C)COc1ccc(N(C(N)=O)c2nc(-c3ccc(F)cc3)cs2)cc1C(F)(F)F. The second kappa shape index (κ2) is 8.93. The van der Waals surface area contributed by atoms with Crippen molar-refractivity contribution < 1.29 is 27.1 Å². The summed E-state index contributed by atoms with van der Waals surface area (Å²) in [7, 11) is 0. The monoisotopic (exact) mass is 453 g/mol. The molecule has 1 heterocycles. The van der Waals surface area contributed by atoms with Crippen LogP contribution in [-0.2, 0) is 6.18 Å². The molecule has 164 valence electrons. The van der Waals surface area contributed by atoms with Crippen LogP contribution >= 0.6 is 11.3 Å². The number of benzene rings is 2. The van der Waals surface area contributed by atoms with Gasteiger partial charge in [0.2, 0.25) is 0 Å². The lowest BCUT2D eigenvalue weighted by molar-refractivity contribution is -0.139. The van der Waals surface area contributed by atoms with Crippen LogP contribution in [0, 0.1) is 11.7 Å². The highest BCUT2D eigenvalue weighted by molar-refractivity contribution is 7.14.